The van der Waals surface area contributed by atoms with Gasteiger partial charge < -0.3 is 15.4 Å². The molecule has 0 spiro atoms. The molecule has 1 aliphatic heterocycles. The topological polar surface area (TPSA) is 73.9 Å². The third-order valence-electron chi connectivity index (χ3n) is 5.73. The molecule has 184 valence electrons. The minimum atomic E-state index is -0.694. The summed E-state index contributed by atoms with van der Waals surface area (Å²) in [5.41, 5.74) is 1.69. The monoisotopic (exact) mass is 466 g/mol. The summed E-state index contributed by atoms with van der Waals surface area (Å²) in [5, 5.41) is 5.75. The third kappa shape index (κ3) is 9.15. The molecule has 7 nitrogen and oxygen atoms in total. The molecule has 1 unspecified atom stereocenters. The summed E-state index contributed by atoms with van der Waals surface area (Å²) in [6.45, 7) is 11.7. The zero-order valence-electron chi connectivity index (χ0n) is 20.6. The molecule has 0 saturated carbocycles. The van der Waals surface area contributed by atoms with E-state index in [1.165, 1.54) is 5.56 Å². The van der Waals surface area contributed by atoms with Gasteiger partial charge in [-0.2, -0.15) is 0 Å². The third-order valence-corrected chi connectivity index (χ3v) is 5.73. The highest BCUT2D eigenvalue weighted by molar-refractivity contribution is 5.86. The zero-order valence-corrected chi connectivity index (χ0v) is 20.6. The lowest BCUT2D eigenvalue weighted by Crippen LogP contribution is -2.51. The maximum absolute atomic E-state index is 12.9. The van der Waals surface area contributed by atoms with E-state index < -0.39 is 17.7 Å². The van der Waals surface area contributed by atoms with Gasteiger partial charge in [0.15, 0.2) is 0 Å². The first kappa shape index (κ1) is 25.7. The molecule has 0 bridgehead atoms. The second-order valence-electron chi connectivity index (χ2n) is 9.78. The van der Waals surface area contributed by atoms with Crippen LogP contribution in [0.2, 0.25) is 0 Å². The van der Waals surface area contributed by atoms with Crippen LogP contribution in [0.15, 0.2) is 60.7 Å². The van der Waals surface area contributed by atoms with E-state index >= 15 is 0 Å². The minimum Gasteiger partial charge on any atom is -0.444 e. The maximum atomic E-state index is 12.9. The van der Waals surface area contributed by atoms with E-state index in [9.17, 15) is 9.59 Å². The maximum Gasteiger partial charge on any atom is 0.408 e. The van der Waals surface area contributed by atoms with E-state index in [0.29, 0.717) is 13.0 Å². The first-order valence-corrected chi connectivity index (χ1v) is 12.1. The molecule has 1 saturated heterocycles. The first-order valence-electron chi connectivity index (χ1n) is 12.1. The number of carbonyl (C=O) groups excluding carboxylic acids is 2. The number of rotatable bonds is 9. The van der Waals surface area contributed by atoms with Crippen LogP contribution in [-0.4, -0.2) is 72.7 Å². The number of hydrogen-bond donors (Lipinski definition) is 2. The number of alkyl carbamates (subject to hydrolysis) is 1. The highest BCUT2D eigenvalue weighted by Crippen LogP contribution is 2.10. The van der Waals surface area contributed by atoms with Crippen LogP contribution in [0.3, 0.4) is 0 Å². The van der Waals surface area contributed by atoms with Crippen molar-refractivity contribution in [3.8, 4) is 0 Å². The first-order chi connectivity index (χ1) is 16.3. The van der Waals surface area contributed by atoms with Gasteiger partial charge in [-0.05, 0) is 31.9 Å². The largest absolute Gasteiger partial charge is 0.444 e. The van der Waals surface area contributed by atoms with Gasteiger partial charge in [0.05, 0.1) is 0 Å². The summed E-state index contributed by atoms with van der Waals surface area (Å²) >= 11 is 0. The van der Waals surface area contributed by atoms with Gasteiger partial charge in [-0.3, -0.25) is 14.6 Å². The van der Waals surface area contributed by atoms with Crippen LogP contribution in [0.4, 0.5) is 4.79 Å². The van der Waals surface area contributed by atoms with Crippen molar-refractivity contribution in [2.24, 2.45) is 0 Å². The molecule has 1 atom stereocenters. The highest BCUT2D eigenvalue weighted by atomic mass is 16.6. The van der Waals surface area contributed by atoms with Crippen molar-refractivity contribution in [3.63, 3.8) is 0 Å². The molecule has 3 rings (SSSR count). The van der Waals surface area contributed by atoms with Crippen molar-refractivity contribution in [3.05, 3.63) is 71.8 Å². The lowest BCUT2D eigenvalue weighted by Gasteiger charge is -2.34. The Kier molecular flexibility index (Phi) is 9.48. The van der Waals surface area contributed by atoms with Gasteiger partial charge in [-0.25, -0.2) is 4.79 Å². The average Bonchev–Trinajstić information content (AvgIpc) is 2.80. The van der Waals surface area contributed by atoms with Crippen LogP contribution in [-0.2, 0) is 22.5 Å². The molecule has 1 aliphatic rings. The number of benzene rings is 2. The van der Waals surface area contributed by atoms with Crippen molar-refractivity contribution in [1.82, 2.24) is 20.4 Å². The Hall–Kier alpha value is -2.90. The molecular formula is C27H38N4O3. The lowest BCUT2D eigenvalue weighted by atomic mass is 10.1. The molecule has 0 aliphatic carbocycles. The Morgan fingerprint density at radius 2 is 1.44 bits per heavy atom. The quantitative estimate of drug-likeness (QED) is 0.594. The van der Waals surface area contributed by atoms with Crippen molar-refractivity contribution >= 4 is 12.0 Å². The smallest absolute Gasteiger partial charge is 0.408 e. The standard InChI is InChI=1S/C27H38N4O3/c1-27(2,3)34-26(33)29-24(20-22-10-6-4-7-11-22)25(32)28-14-15-30-16-18-31(19-17-30)21-23-12-8-5-9-13-23/h4-13,24H,14-21H2,1-3H3,(H,28,32)(H,29,33). The molecule has 2 amide bonds. The molecular weight excluding hydrogens is 428 g/mol. The second-order valence-corrected chi connectivity index (χ2v) is 9.78. The predicted octanol–water partition coefficient (Wildman–Crippen LogP) is 3.06. The fraction of sp³-hybridized carbons (Fsp3) is 0.481. The molecule has 1 heterocycles. The Labute approximate surface area is 203 Å². The predicted molar refractivity (Wildman–Crippen MR) is 134 cm³/mol. The number of piperazine rings is 1. The Balaban J connectivity index is 1.44. The fourth-order valence-electron chi connectivity index (χ4n) is 3.98. The molecule has 2 N–H and O–H groups in total. The van der Waals surface area contributed by atoms with E-state index in [-0.39, 0.29) is 5.91 Å². The van der Waals surface area contributed by atoms with Crippen molar-refractivity contribution in [2.45, 2.75) is 45.4 Å². The summed E-state index contributed by atoms with van der Waals surface area (Å²) in [7, 11) is 0. The van der Waals surface area contributed by atoms with Gasteiger partial charge in [0.1, 0.15) is 11.6 Å². The van der Waals surface area contributed by atoms with Gasteiger partial charge in [-0.15, -0.1) is 0 Å². The summed E-state index contributed by atoms with van der Waals surface area (Å²) in [4.78, 5) is 30.1. The molecule has 1 fully saturated rings. The Morgan fingerprint density at radius 3 is 2.03 bits per heavy atom. The molecule has 2 aromatic carbocycles. The summed E-state index contributed by atoms with van der Waals surface area (Å²) in [6.07, 6.45) is -0.178. The number of carbonyl (C=O) groups is 2. The molecule has 0 radical (unpaired) electrons. The van der Waals surface area contributed by atoms with Gasteiger partial charge in [0.2, 0.25) is 5.91 Å². The number of ether oxygens (including phenoxy) is 1. The van der Waals surface area contributed by atoms with Gasteiger partial charge in [-0.1, -0.05) is 60.7 Å². The summed E-state index contributed by atoms with van der Waals surface area (Å²) in [6, 6.07) is 19.5. The summed E-state index contributed by atoms with van der Waals surface area (Å²) < 4.78 is 5.37. The summed E-state index contributed by atoms with van der Waals surface area (Å²) in [5.74, 6) is -0.197. The number of nitrogens with zero attached hydrogens (tertiary/aromatic N) is 2. The van der Waals surface area contributed by atoms with E-state index in [4.69, 9.17) is 4.74 Å². The SMILES string of the molecule is CC(C)(C)OC(=O)NC(Cc1ccccc1)C(=O)NCCN1CCN(Cc2ccccc2)CC1. The highest BCUT2D eigenvalue weighted by Gasteiger charge is 2.25. The van der Waals surface area contributed by atoms with Crippen molar-refractivity contribution < 1.29 is 14.3 Å². The van der Waals surface area contributed by atoms with Gasteiger partial charge in [0.25, 0.3) is 0 Å². The van der Waals surface area contributed by atoms with Crippen molar-refractivity contribution in [2.75, 3.05) is 39.3 Å². The molecule has 0 aromatic heterocycles. The van der Waals surface area contributed by atoms with Gasteiger partial charge in [0, 0.05) is 52.2 Å². The van der Waals surface area contributed by atoms with Crippen molar-refractivity contribution in [1.29, 1.82) is 0 Å². The number of hydrogen-bond acceptors (Lipinski definition) is 5. The molecule has 2 aromatic rings. The van der Waals surface area contributed by atoms with E-state index in [2.05, 4.69) is 44.7 Å². The zero-order chi connectivity index (χ0) is 24.4. The van der Waals surface area contributed by atoms with Crippen LogP contribution in [0.1, 0.15) is 31.9 Å². The lowest BCUT2D eigenvalue weighted by molar-refractivity contribution is -0.123. The molecule has 34 heavy (non-hydrogen) atoms. The number of nitrogens with one attached hydrogen (secondary N) is 2. The normalized spacial score (nSPS) is 16.0. The van der Waals surface area contributed by atoms with Gasteiger partial charge >= 0.3 is 6.09 Å². The molecule has 7 heteroatoms. The Bertz CT molecular complexity index is 891. The van der Waals surface area contributed by atoms with Crippen LogP contribution in [0.25, 0.3) is 0 Å². The van der Waals surface area contributed by atoms with E-state index in [0.717, 1.165) is 44.8 Å². The number of amides is 2. The fourth-order valence-corrected chi connectivity index (χ4v) is 3.98. The minimum absolute atomic E-state index is 0.197. The van der Waals surface area contributed by atoms with Crippen LogP contribution in [0.5, 0.6) is 0 Å². The van der Waals surface area contributed by atoms with Crippen LogP contribution in [0, 0.1) is 0 Å². The van der Waals surface area contributed by atoms with Crippen LogP contribution >= 0.6 is 0 Å². The van der Waals surface area contributed by atoms with Crippen LogP contribution < -0.4 is 10.6 Å². The van der Waals surface area contributed by atoms with E-state index in [1.54, 1.807) is 20.8 Å². The average molecular weight is 467 g/mol. The van der Waals surface area contributed by atoms with E-state index in [1.807, 2.05) is 36.4 Å². The Morgan fingerprint density at radius 1 is 0.882 bits per heavy atom. The second kappa shape index (κ2) is 12.5.